The fraction of sp³-hybridized carbons (Fsp3) is 0.235. The molecule has 1 aliphatic rings. The van der Waals surface area contributed by atoms with Gasteiger partial charge in [-0.15, -0.1) is 11.8 Å². The van der Waals surface area contributed by atoms with E-state index in [0.717, 1.165) is 17.7 Å². The third-order valence-electron chi connectivity index (χ3n) is 3.89. The van der Waals surface area contributed by atoms with Crippen LogP contribution in [0.1, 0.15) is 23.6 Å². The number of nitrogens with one attached hydrogen (secondary N) is 1. The number of fused-ring (bicyclic) bond motifs is 1. The van der Waals surface area contributed by atoms with E-state index < -0.39 is 4.92 Å². The summed E-state index contributed by atoms with van der Waals surface area (Å²) in [4.78, 5) is 23.1. The molecular weight excluding hydrogens is 312 g/mol. The number of aryl methyl sites for hydroxylation is 1. The first kappa shape index (κ1) is 15.6. The molecule has 23 heavy (non-hydrogen) atoms. The number of benzene rings is 2. The number of rotatable bonds is 5. The first-order valence-electron chi connectivity index (χ1n) is 7.38. The standard InChI is InChI=1S/C17H16N2O3S/c20-17(11-23-14-8-6-13(7-9-14)19(21)22)18-16-10-5-12-3-1-2-4-15(12)16/h1-4,6-9,16H,5,10-11H2,(H,18,20). The molecule has 1 atom stereocenters. The van der Waals surface area contributed by atoms with Gasteiger partial charge in [0.15, 0.2) is 0 Å². The second-order valence-electron chi connectivity index (χ2n) is 5.40. The molecule has 0 bridgehead atoms. The van der Waals surface area contributed by atoms with Gasteiger partial charge in [-0.05, 0) is 36.1 Å². The maximum atomic E-state index is 12.1. The highest BCUT2D eigenvalue weighted by atomic mass is 32.2. The van der Waals surface area contributed by atoms with Gasteiger partial charge in [-0.1, -0.05) is 24.3 Å². The van der Waals surface area contributed by atoms with Crippen molar-refractivity contribution in [1.82, 2.24) is 5.32 Å². The van der Waals surface area contributed by atoms with Crippen LogP contribution in [0.25, 0.3) is 0 Å². The second-order valence-corrected chi connectivity index (χ2v) is 6.45. The van der Waals surface area contributed by atoms with Crippen molar-refractivity contribution in [3.8, 4) is 0 Å². The van der Waals surface area contributed by atoms with Crippen LogP contribution < -0.4 is 5.32 Å². The zero-order chi connectivity index (χ0) is 16.2. The summed E-state index contributed by atoms with van der Waals surface area (Å²) in [5, 5.41) is 13.7. The normalized spacial score (nSPS) is 15.9. The molecule has 0 heterocycles. The van der Waals surface area contributed by atoms with Crippen molar-refractivity contribution in [2.75, 3.05) is 5.75 Å². The SMILES string of the molecule is O=C(CSc1ccc([N+](=O)[O-])cc1)NC1CCc2ccccc21. The Morgan fingerprint density at radius 3 is 2.70 bits per heavy atom. The van der Waals surface area contributed by atoms with Crippen molar-refractivity contribution in [1.29, 1.82) is 0 Å². The Morgan fingerprint density at radius 1 is 1.22 bits per heavy atom. The molecule has 2 aromatic carbocycles. The minimum atomic E-state index is -0.432. The number of thioether (sulfide) groups is 1. The Balaban J connectivity index is 1.53. The molecule has 0 saturated heterocycles. The zero-order valence-corrected chi connectivity index (χ0v) is 13.2. The van der Waals surface area contributed by atoms with Crippen LogP contribution in [0.5, 0.6) is 0 Å². The molecule has 0 saturated carbocycles. The molecule has 0 radical (unpaired) electrons. The third kappa shape index (κ3) is 3.71. The molecule has 1 unspecified atom stereocenters. The molecule has 3 rings (SSSR count). The lowest BCUT2D eigenvalue weighted by Gasteiger charge is -2.14. The topological polar surface area (TPSA) is 72.2 Å². The number of carbonyl (C=O) groups is 1. The average molecular weight is 328 g/mol. The van der Waals surface area contributed by atoms with Crippen LogP contribution >= 0.6 is 11.8 Å². The number of nitro benzene ring substituents is 1. The maximum absolute atomic E-state index is 12.1. The summed E-state index contributed by atoms with van der Waals surface area (Å²) in [7, 11) is 0. The lowest BCUT2D eigenvalue weighted by atomic mass is 10.1. The summed E-state index contributed by atoms with van der Waals surface area (Å²) in [6.07, 6.45) is 1.93. The van der Waals surface area contributed by atoms with Gasteiger partial charge in [-0.2, -0.15) is 0 Å². The van der Waals surface area contributed by atoms with E-state index in [9.17, 15) is 14.9 Å². The monoisotopic (exact) mass is 328 g/mol. The van der Waals surface area contributed by atoms with Crippen molar-refractivity contribution in [2.24, 2.45) is 0 Å². The van der Waals surface area contributed by atoms with Crippen LogP contribution in [-0.4, -0.2) is 16.6 Å². The van der Waals surface area contributed by atoms with Crippen molar-refractivity contribution in [3.05, 3.63) is 69.8 Å². The fourth-order valence-corrected chi connectivity index (χ4v) is 3.47. The van der Waals surface area contributed by atoms with E-state index in [1.54, 1.807) is 12.1 Å². The van der Waals surface area contributed by atoms with Gasteiger partial charge in [0.1, 0.15) is 0 Å². The second kappa shape index (κ2) is 6.83. The number of nitro groups is 1. The summed E-state index contributed by atoms with van der Waals surface area (Å²) in [5.74, 6) is 0.284. The Labute approximate surface area is 138 Å². The quantitative estimate of drug-likeness (QED) is 0.518. The molecule has 0 aromatic heterocycles. The van der Waals surface area contributed by atoms with Crippen LogP contribution in [0.4, 0.5) is 5.69 Å². The van der Waals surface area contributed by atoms with E-state index in [0.29, 0.717) is 5.75 Å². The first-order valence-corrected chi connectivity index (χ1v) is 8.36. The van der Waals surface area contributed by atoms with Gasteiger partial charge in [0, 0.05) is 17.0 Å². The number of carbonyl (C=O) groups excluding carboxylic acids is 1. The van der Waals surface area contributed by atoms with Crippen LogP contribution in [0.3, 0.4) is 0 Å². The van der Waals surface area contributed by atoms with E-state index >= 15 is 0 Å². The van der Waals surface area contributed by atoms with Crippen molar-refractivity contribution < 1.29 is 9.72 Å². The van der Waals surface area contributed by atoms with Gasteiger partial charge in [0.05, 0.1) is 16.7 Å². The minimum absolute atomic E-state index is 0.0185. The highest BCUT2D eigenvalue weighted by Gasteiger charge is 2.23. The molecule has 0 fully saturated rings. The van der Waals surface area contributed by atoms with Gasteiger partial charge in [-0.25, -0.2) is 0 Å². The summed E-state index contributed by atoms with van der Waals surface area (Å²) >= 11 is 1.38. The van der Waals surface area contributed by atoms with E-state index in [1.165, 1.54) is 35.0 Å². The molecule has 1 amide bonds. The zero-order valence-electron chi connectivity index (χ0n) is 12.4. The summed E-state index contributed by atoms with van der Waals surface area (Å²) in [6, 6.07) is 14.5. The number of nitrogens with zero attached hydrogens (tertiary/aromatic N) is 1. The lowest BCUT2D eigenvalue weighted by Crippen LogP contribution is -2.28. The molecule has 6 heteroatoms. The number of amides is 1. The average Bonchev–Trinajstić information content (AvgIpc) is 2.96. The number of non-ortho nitro benzene ring substituents is 1. The van der Waals surface area contributed by atoms with Crippen molar-refractivity contribution >= 4 is 23.4 Å². The summed E-state index contributed by atoms with van der Waals surface area (Å²) in [6.45, 7) is 0. The molecular formula is C17H16N2O3S. The third-order valence-corrected chi connectivity index (χ3v) is 4.90. The highest BCUT2D eigenvalue weighted by molar-refractivity contribution is 8.00. The van der Waals surface area contributed by atoms with E-state index in [4.69, 9.17) is 0 Å². The van der Waals surface area contributed by atoms with Crippen LogP contribution in [0.2, 0.25) is 0 Å². The summed E-state index contributed by atoms with van der Waals surface area (Å²) < 4.78 is 0. The van der Waals surface area contributed by atoms with Gasteiger partial charge in [0.25, 0.3) is 5.69 Å². The van der Waals surface area contributed by atoms with Crippen LogP contribution in [0.15, 0.2) is 53.4 Å². The van der Waals surface area contributed by atoms with Gasteiger partial charge in [-0.3, -0.25) is 14.9 Å². The maximum Gasteiger partial charge on any atom is 0.269 e. The van der Waals surface area contributed by atoms with Gasteiger partial charge < -0.3 is 5.32 Å². The van der Waals surface area contributed by atoms with Gasteiger partial charge >= 0.3 is 0 Å². The molecule has 2 aromatic rings. The molecule has 1 aliphatic carbocycles. The van der Waals surface area contributed by atoms with E-state index in [-0.39, 0.29) is 17.6 Å². The highest BCUT2D eigenvalue weighted by Crippen LogP contribution is 2.31. The summed E-state index contributed by atoms with van der Waals surface area (Å²) in [5.41, 5.74) is 2.57. The number of hydrogen-bond donors (Lipinski definition) is 1. The molecule has 118 valence electrons. The Hall–Kier alpha value is -2.34. The molecule has 5 nitrogen and oxygen atoms in total. The predicted molar refractivity (Wildman–Crippen MR) is 89.5 cm³/mol. The fourth-order valence-electron chi connectivity index (χ4n) is 2.76. The van der Waals surface area contributed by atoms with Crippen LogP contribution in [-0.2, 0) is 11.2 Å². The lowest BCUT2D eigenvalue weighted by molar-refractivity contribution is -0.384. The number of hydrogen-bond acceptors (Lipinski definition) is 4. The largest absolute Gasteiger partial charge is 0.349 e. The Bertz CT molecular complexity index is 731. The Morgan fingerprint density at radius 2 is 1.96 bits per heavy atom. The molecule has 1 N–H and O–H groups in total. The van der Waals surface area contributed by atoms with E-state index in [1.807, 2.05) is 12.1 Å². The van der Waals surface area contributed by atoms with Crippen LogP contribution in [0, 0.1) is 10.1 Å². The van der Waals surface area contributed by atoms with Crippen molar-refractivity contribution in [2.45, 2.75) is 23.8 Å². The Kier molecular flexibility index (Phi) is 4.62. The first-order chi connectivity index (χ1) is 11.1. The molecule has 0 aliphatic heterocycles. The smallest absolute Gasteiger partial charge is 0.269 e. The van der Waals surface area contributed by atoms with Crippen molar-refractivity contribution in [3.63, 3.8) is 0 Å². The van der Waals surface area contributed by atoms with Gasteiger partial charge in [0.2, 0.25) is 5.91 Å². The van der Waals surface area contributed by atoms with E-state index in [2.05, 4.69) is 17.4 Å². The minimum Gasteiger partial charge on any atom is -0.349 e. The predicted octanol–water partition coefficient (Wildman–Crippen LogP) is 3.49. The molecule has 0 spiro atoms.